The molecule has 0 radical (unpaired) electrons. The summed E-state index contributed by atoms with van der Waals surface area (Å²) in [4.78, 5) is 2.32. The maximum Gasteiger partial charge on any atom is 0.142 e. The fourth-order valence-corrected chi connectivity index (χ4v) is 2.68. The Morgan fingerprint density at radius 3 is 2.94 bits per heavy atom. The van der Waals surface area contributed by atoms with Crippen molar-refractivity contribution in [2.75, 3.05) is 13.1 Å². The van der Waals surface area contributed by atoms with Crippen molar-refractivity contribution in [1.29, 1.82) is 0 Å². The SMILES string of the molecule is CC1CC(CN)CN1Cc1cccc(F)c1Cl. The third kappa shape index (κ3) is 2.79. The van der Waals surface area contributed by atoms with Gasteiger partial charge in [-0.15, -0.1) is 0 Å². The van der Waals surface area contributed by atoms with E-state index in [1.807, 2.05) is 6.07 Å². The Labute approximate surface area is 107 Å². The Kier molecular flexibility index (Phi) is 4.02. The van der Waals surface area contributed by atoms with Crippen LogP contribution in [0.3, 0.4) is 0 Å². The molecule has 0 amide bonds. The van der Waals surface area contributed by atoms with E-state index >= 15 is 0 Å². The third-order valence-corrected chi connectivity index (χ3v) is 3.95. The van der Waals surface area contributed by atoms with Crippen LogP contribution in [0, 0.1) is 11.7 Å². The summed E-state index contributed by atoms with van der Waals surface area (Å²) < 4.78 is 13.3. The topological polar surface area (TPSA) is 29.3 Å². The Morgan fingerprint density at radius 2 is 2.29 bits per heavy atom. The van der Waals surface area contributed by atoms with Gasteiger partial charge in [-0.1, -0.05) is 23.7 Å². The number of nitrogens with zero attached hydrogens (tertiary/aromatic N) is 1. The van der Waals surface area contributed by atoms with Gasteiger partial charge in [-0.3, -0.25) is 4.90 Å². The van der Waals surface area contributed by atoms with Gasteiger partial charge in [0.15, 0.2) is 0 Å². The lowest BCUT2D eigenvalue weighted by Crippen LogP contribution is -2.27. The number of halogens is 2. The van der Waals surface area contributed by atoms with E-state index in [0.717, 1.165) is 25.1 Å². The molecule has 1 aliphatic heterocycles. The Balaban J connectivity index is 2.08. The maximum atomic E-state index is 13.3. The molecule has 2 rings (SSSR count). The zero-order valence-corrected chi connectivity index (χ0v) is 10.8. The lowest BCUT2D eigenvalue weighted by molar-refractivity contribution is 0.255. The van der Waals surface area contributed by atoms with E-state index in [0.29, 0.717) is 18.5 Å². The summed E-state index contributed by atoms with van der Waals surface area (Å²) in [5, 5.41) is 0.246. The smallest absolute Gasteiger partial charge is 0.142 e. The molecule has 2 atom stereocenters. The summed E-state index contributed by atoms with van der Waals surface area (Å²) in [6, 6.07) is 5.47. The van der Waals surface area contributed by atoms with Crippen LogP contribution in [-0.4, -0.2) is 24.0 Å². The highest BCUT2D eigenvalue weighted by atomic mass is 35.5. The van der Waals surface area contributed by atoms with Crippen LogP contribution in [0.25, 0.3) is 0 Å². The van der Waals surface area contributed by atoms with E-state index in [1.165, 1.54) is 6.07 Å². The summed E-state index contributed by atoms with van der Waals surface area (Å²) in [7, 11) is 0. The van der Waals surface area contributed by atoms with Gasteiger partial charge in [-0.2, -0.15) is 0 Å². The van der Waals surface area contributed by atoms with Gasteiger partial charge in [0.2, 0.25) is 0 Å². The van der Waals surface area contributed by atoms with E-state index in [-0.39, 0.29) is 10.8 Å². The van der Waals surface area contributed by atoms with Crippen molar-refractivity contribution >= 4 is 11.6 Å². The first-order chi connectivity index (χ1) is 8.11. The van der Waals surface area contributed by atoms with E-state index in [2.05, 4.69) is 11.8 Å². The monoisotopic (exact) mass is 256 g/mol. The molecular weight excluding hydrogens is 239 g/mol. The molecule has 1 aromatic rings. The van der Waals surface area contributed by atoms with Crippen LogP contribution < -0.4 is 5.73 Å². The minimum atomic E-state index is -0.341. The average Bonchev–Trinajstić information content (AvgIpc) is 2.66. The van der Waals surface area contributed by atoms with Gasteiger partial charge in [0.1, 0.15) is 5.82 Å². The van der Waals surface area contributed by atoms with E-state index in [1.54, 1.807) is 6.07 Å². The minimum Gasteiger partial charge on any atom is -0.330 e. The summed E-state index contributed by atoms with van der Waals surface area (Å²) in [5.41, 5.74) is 6.55. The molecule has 0 bridgehead atoms. The molecule has 4 heteroatoms. The van der Waals surface area contributed by atoms with Crippen molar-refractivity contribution in [2.24, 2.45) is 11.7 Å². The van der Waals surface area contributed by atoms with Crippen LogP contribution in [0.4, 0.5) is 4.39 Å². The molecule has 2 unspecified atom stereocenters. The zero-order valence-electron chi connectivity index (χ0n) is 10.00. The molecule has 1 aliphatic rings. The number of hydrogen-bond acceptors (Lipinski definition) is 2. The lowest BCUT2D eigenvalue weighted by Gasteiger charge is -2.21. The standard InChI is InChI=1S/C13H18ClFN2/c1-9-5-10(6-16)7-17(9)8-11-3-2-4-12(15)13(11)14/h2-4,9-10H,5-8,16H2,1H3. The molecule has 2 N–H and O–H groups in total. The summed E-state index contributed by atoms with van der Waals surface area (Å²) in [5.74, 6) is 0.212. The van der Waals surface area contributed by atoms with Crippen molar-refractivity contribution in [3.8, 4) is 0 Å². The van der Waals surface area contributed by atoms with Crippen LogP contribution in [0.1, 0.15) is 18.9 Å². The van der Waals surface area contributed by atoms with Gasteiger partial charge in [-0.25, -0.2) is 4.39 Å². The van der Waals surface area contributed by atoms with Crippen LogP contribution in [-0.2, 0) is 6.54 Å². The highest BCUT2D eigenvalue weighted by molar-refractivity contribution is 6.31. The predicted molar refractivity (Wildman–Crippen MR) is 68.4 cm³/mol. The molecule has 1 saturated heterocycles. The third-order valence-electron chi connectivity index (χ3n) is 3.53. The summed E-state index contributed by atoms with van der Waals surface area (Å²) in [6.45, 7) is 4.58. The van der Waals surface area contributed by atoms with Gasteiger partial charge in [0.05, 0.1) is 5.02 Å². The highest BCUT2D eigenvalue weighted by Gasteiger charge is 2.28. The Morgan fingerprint density at radius 1 is 1.53 bits per heavy atom. The largest absolute Gasteiger partial charge is 0.330 e. The molecule has 2 nitrogen and oxygen atoms in total. The van der Waals surface area contributed by atoms with E-state index in [4.69, 9.17) is 17.3 Å². The first-order valence-corrected chi connectivity index (χ1v) is 6.36. The van der Waals surface area contributed by atoms with Crippen LogP contribution in [0.5, 0.6) is 0 Å². The second kappa shape index (κ2) is 5.34. The summed E-state index contributed by atoms with van der Waals surface area (Å²) in [6.07, 6.45) is 1.11. The zero-order chi connectivity index (χ0) is 12.4. The highest BCUT2D eigenvalue weighted by Crippen LogP contribution is 2.27. The van der Waals surface area contributed by atoms with Crippen molar-refractivity contribution in [3.05, 3.63) is 34.6 Å². The van der Waals surface area contributed by atoms with E-state index < -0.39 is 0 Å². The van der Waals surface area contributed by atoms with Crippen LogP contribution in [0.2, 0.25) is 5.02 Å². The fraction of sp³-hybridized carbons (Fsp3) is 0.538. The Bertz CT molecular complexity index is 397. The summed E-state index contributed by atoms with van der Waals surface area (Å²) >= 11 is 5.96. The van der Waals surface area contributed by atoms with Crippen molar-refractivity contribution in [3.63, 3.8) is 0 Å². The normalized spacial score (nSPS) is 25.4. The number of benzene rings is 1. The maximum absolute atomic E-state index is 13.3. The molecule has 0 aromatic heterocycles. The molecule has 0 aliphatic carbocycles. The van der Waals surface area contributed by atoms with Gasteiger partial charge in [0.25, 0.3) is 0 Å². The number of rotatable bonds is 3. The van der Waals surface area contributed by atoms with Gasteiger partial charge in [0, 0.05) is 19.1 Å². The van der Waals surface area contributed by atoms with Crippen molar-refractivity contribution < 1.29 is 4.39 Å². The molecule has 17 heavy (non-hydrogen) atoms. The lowest BCUT2D eigenvalue weighted by atomic mass is 10.1. The van der Waals surface area contributed by atoms with Crippen LogP contribution in [0.15, 0.2) is 18.2 Å². The molecule has 0 spiro atoms. The Hall–Kier alpha value is -0.640. The predicted octanol–water partition coefficient (Wildman–Crippen LogP) is 2.65. The fourth-order valence-electron chi connectivity index (χ4n) is 2.50. The quantitative estimate of drug-likeness (QED) is 0.901. The molecule has 1 aromatic carbocycles. The van der Waals surface area contributed by atoms with E-state index in [9.17, 15) is 4.39 Å². The van der Waals surface area contributed by atoms with Crippen molar-refractivity contribution in [2.45, 2.75) is 25.9 Å². The number of likely N-dealkylation sites (tertiary alicyclic amines) is 1. The average molecular weight is 257 g/mol. The van der Waals surface area contributed by atoms with Gasteiger partial charge >= 0.3 is 0 Å². The van der Waals surface area contributed by atoms with Crippen LogP contribution >= 0.6 is 11.6 Å². The first kappa shape index (κ1) is 12.8. The molecule has 1 fully saturated rings. The number of nitrogens with two attached hydrogens (primary N) is 1. The number of hydrogen-bond donors (Lipinski definition) is 1. The van der Waals surface area contributed by atoms with Crippen molar-refractivity contribution in [1.82, 2.24) is 4.90 Å². The second-order valence-corrected chi connectivity index (χ2v) is 5.21. The second-order valence-electron chi connectivity index (χ2n) is 4.83. The van der Waals surface area contributed by atoms with Gasteiger partial charge in [-0.05, 0) is 37.4 Å². The van der Waals surface area contributed by atoms with Gasteiger partial charge < -0.3 is 5.73 Å². The molecule has 94 valence electrons. The minimum absolute atomic E-state index is 0.246. The molecular formula is C13H18ClFN2. The molecule has 0 saturated carbocycles. The molecule has 1 heterocycles. The first-order valence-electron chi connectivity index (χ1n) is 5.98.